The lowest BCUT2D eigenvalue weighted by Crippen LogP contribution is -2.49. The molecule has 1 aromatic carbocycles. The molecule has 23 heavy (non-hydrogen) atoms. The molecule has 0 radical (unpaired) electrons. The van der Waals surface area contributed by atoms with Crippen LogP contribution < -0.4 is 5.32 Å². The molecule has 3 rings (SSSR count). The van der Waals surface area contributed by atoms with E-state index in [2.05, 4.69) is 5.32 Å². The van der Waals surface area contributed by atoms with Crippen LogP contribution in [-0.2, 0) is 14.9 Å². The Labute approximate surface area is 137 Å². The Morgan fingerprint density at radius 1 is 1.22 bits per heavy atom. The first-order valence-corrected chi connectivity index (χ1v) is 8.44. The first-order valence-electron chi connectivity index (χ1n) is 8.44. The quantitative estimate of drug-likeness (QED) is 0.928. The number of hydrogen-bond donors (Lipinski definition) is 1. The molecule has 1 aliphatic heterocycles. The molecule has 0 aromatic heterocycles. The molecule has 2 aliphatic rings. The van der Waals surface area contributed by atoms with Gasteiger partial charge in [-0.3, -0.25) is 4.79 Å². The van der Waals surface area contributed by atoms with Crippen LogP contribution in [0.4, 0.5) is 4.79 Å². The van der Waals surface area contributed by atoms with Gasteiger partial charge in [0.05, 0.1) is 12.0 Å². The number of amides is 2. The van der Waals surface area contributed by atoms with Crippen molar-refractivity contribution in [2.75, 3.05) is 19.7 Å². The van der Waals surface area contributed by atoms with Crippen molar-refractivity contribution in [1.82, 2.24) is 10.2 Å². The van der Waals surface area contributed by atoms with Crippen LogP contribution in [0.3, 0.4) is 0 Å². The van der Waals surface area contributed by atoms with Crippen LogP contribution in [0.25, 0.3) is 0 Å². The Morgan fingerprint density at radius 3 is 2.43 bits per heavy atom. The third kappa shape index (κ3) is 3.33. The fraction of sp³-hybridized carbons (Fsp3) is 0.556. The van der Waals surface area contributed by atoms with Crippen molar-refractivity contribution in [2.45, 2.75) is 44.1 Å². The zero-order valence-electron chi connectivity index (χ0n) is 13.6. The van der Waals surface area contributed by atoms with E-state index in [1.807, 2.05) is 37.3 Å². The van der Waals surface area contributed by atoms with E-state index in [0.717, 1.165) is 31.2 Å². The molecule has 2 amide bonds. The summed E-state index contributed by atoms with van der Waals surface area (Å²) in [5, 5.41) is 3.19. The number of piperidine rings is 1. The van der Waals surface area contributed by atoms with Crippen molar-refractivity contribution in [3.63, 3.8) is 0 Å². The summed E-state index contributed by atoms with van der Waals surface area (Å²) in [5.74, 6) is 0.137. The molecule has 5 nitrogen and oxygen atoms in total. The highest BCUT2D eigenvalue weighted by Gasteiger charge is 2.51. The van der Waals surface area contributed by atoms with E-state index >= 15 is 0 Å². The van der Waals surface area contributed by atoms with Gasteiger partial charge in [0, 0.05) is 19.1 Å². The van der Waals surface area contributed by atoms with Crippen molar-refractivity contribution < 1.29 is 14.3 Å². The van der Waals surface area contributed by atoms with Crippen molar-refractivity contribution in [2.24, 2.45) is 0 Å². The number of carbonyl (C=O) groups excluding carboxylic acids is 2. The molecule has 0 spiro atoms. The minimum absolute atomic E-state index is 0.137. The highest BCUT2D eigenvalue weighted by atomic mass is 16.6. The van der Waals surface area contributed by atoms with E-state index in [9.17, 15) is 9.59 Å². The number of ether oxygens (including phenoxy) is 1. The van der Waals surface area contributed by atoms with Gasteiger partial charge in [-0.05, 0) is 38.2 Å². The fourth-order valence-electron chi connectivity index (χ4n) is 3.27. The van der Waals surface area contributed by atoms with E-state index in [-0.39, 0.29) is 23.5 Å². The fourth-order valence-corrected chi connectivity index (χ4v) is 3.27. The highest BCUT2D eigenvalue weighted by Crippen LogP contribution is 2.48. The van der Waals surface area contributed by atoms with Gasteiger partial charge >= 0.3 is 6.09 Å². The zero-order chi connectivity index (χ0) is 16.3. The van der Waals surface area contributed by atoms with Gasteiger partial charge in [0.15, 0.2) is 0 Å². The smallest absolute Gasteiger partial charge is 0.409 e. The van der Waals surface area contributed by atoms with Gasteiger partial charge < -0.3 is 15.0 Å². The van der Waals surface area contributed by atoms with Gasteiger partial charge in [-0.2, -0.15) is 0 Å². The Hall–Kier alpha value is -2.04. The number of likely N-dealkylation sites (tertiary alicyclic amines) is 1. The van der Waals surface area contributed by atoms with Crippen LogP contribution in [-0.4, -0.2) is 42.6 Å². The molecule has 0 unspecified atom stereocenters. The molecule has 1 aliphatic carbocycles. The van der Waals surface area contributed by atoms with Crippen LogP contribution in [0.2, 0.25) is 0 Å². The van der Waals surface area contributed by atoms with Gasteiger partial charge in [0.1, 0.15) is 0 Å². The second-order valence-corrected chi connectivity index (χ2v) is 6.38. The van der Waals surface area contributed by atoms with Gasteiger partial charge in [0.2, 0.25) is 5.91 Å². The number of nitrogens with zero attached hydrogens (tertiary/aromatic N) is 1. The Bertz CT molecular complexity index is 561. The summed E-state index contributed by atoms with van der Waals surface area (Å²) in [6.45, 7) is 3.49. The molecule has 0 bridgehead atoms. The first-order chi connectivity index (χ1) is 11.2. The summed E-state index contributed by atoms with van der Waals surface area (Å²) >= 11 is 0. The van der Waals surface area contributed by atoms with Gasteiger partial charge in [-0.25, -0.2) is 4.79 Å². The lowest BCUT2D eigenvalue weighted by molar-refractivity contribution is -0.124. The average molecular weight is 316 g/mol. The minimum Gasteiger partial charge on any atom is -0.450 e. The monoisotopic (exact) mass is 316 g/mol. The van der Waals surface area contributed by atoms with Crippen molar-refractivity contribution >= 4 is 12.0 Å². The summed E-state index contributed by atoms with van der Waals surface area (Å²) in [4.78, 5) is 26.1. The molecular formula is C18H24N2O3. The molecule has 1 saturated carbocycles. The highest BCUT2D eigenvalue weighted by molar-refractivity contribution is 5.91. The number of rotatable bonds is 4. The lowest BCUT2D eigenvalue weighted by atomic mass is 9.94. The lowest BCUT2D eigenvalue weighted by Gasteiger charge is -2.32. The number of carbonyl (C=O) groups is 2. The van der Waals surface area contributed by atoms with Crippen molar-refractivity contribution in [3.8, 4) is 0 Å². The second-order valence-electron chi connectivity index (χ2n) is 6.38. The predicted molar refractivity (Wildman–Crippen MR) is 87.1 cm³/mol. The van der Waals surface area contributed by atoms with E-state index in [1.165, 1.54) is 0 Å². The largest absolute Gasteiger partial charge is 0.450 e. The maximum Gasteiger partial charge on any atom is 0.409 e. The van der Waals surface area contributed by atoms with E-state index in [4.69, 9.17) is 4.74 Å². The summed E-state index contributed by atoms with van der Waals surface area (Å²) < 4.78 is 5.02. The summed E-state index contributed by atoms with van der Waals surface area (Å²) in [5.41, 5.74) is 0.793. The van der Waals surface area contributed by atoms with Crippen LogP contribution in [0.5, 0.6) is 0 Å². The molecule has 124 valence electrons. The molecular weight excluding hydrogens is 292 g/mol. The predicted octanol–water partition coefficient (Wildman–Crippen LogP) is 2.46. The molecule has 5 heteroatoms. The minimum atomic E-state index is -0.320. The SMILES string of the molecule is CCOC(=O)N1CCC(NC(=O)C2(c3ccccc3)CC2)CC1. The second kappa shape index (κ2) is 6.60. The van der Waals surface area contributed by atoms with Crippen LogP contribution >= 0.6 is 0 Å². The van der Waals surface area contributed by atoms with Crippen LogP contribution in [0.15, 0.2) is 30.3 Å². The molecule has 1 heterocycles. The first kappa shape index (κ1) is 15.8. The molecule has 0 atom stereocenters. The van der Waals surface area contributed by atoms with E-state index in [0.29, 0.717) is 19.7 Å². The van der Waals surface area contributed by atoms with Gasteiger partial charge in [-0.15, -0.1) is 0 Å². The van der Waals surface area contributed by atoms with Crippen LogP contribution in [0, 0.1) is 0 Å². The Kier molecular flexibility index (Phi) is 4.55. The summed E-state index contributed by atoms with van der Waals surface area (Å²) in [7, 11) is 0. The van der Waals surface area contributed by atoms with Crippen molar-refractivity contribution in [1.29, 1.82) is 0 Å². The number of benzene rings is 1. The Morgan fingerprint density at radius 2 is 1.87 bits per heavy atom. The van der Waals surface area contributed by atoms with Gasteiger partial charge in [-0.1, -0.05) is 30.3 Å². The molecule has 1 aromatic rings. The third-order valence-corrected chi connectivity index (χ3v) is 4.87. The van der Waals surface area contributed by atoms with Crippen molar-refractivity contribution in [3.05, 3.63) is 35.9 Å². The number of hydrogen-bond acceptors (Lipinski definition) is 3. The number of nitrogens with one attached hydrogen (secondary N) is 1. The van der Waals surface area contributed by atoms with E-state index in [1.54, 1.807) is 4.90 Å². The summed E-state index contributed by atoms with van der Waals surface area (Å²) in [6, 6.07) is 10.2. The van der Waals surface area contributed by atoms with Gasteiger partial charge in [0.25, 0.3) is 0 Å². The Balaban J connectivity index is 1.53. The zero-order valence-corrected chi connectivity index (χ0v) is 13.6. The topological polar surface area (TPSA) is 58.6 Å². The molecule has 2 fully saturated rings. The normalized spacial score (nSPS) is 20.0. The molecule has 1 saturated heterocycles. The maximum atomic E-state index is 12.7. The molecule has 1 N–H and O–H groups in total. The average Bonchev–Trinajstić information content (AvgIpc) is 3.38. The summed E-state index contributed by atoms with van der Waals surface area (Å²) in [6.07, 6.45) is 3.17. The third-order valence-electron chi connectivity index (χ3n) is 4.87. The maximum absolute atomic E-state index is 12.7. The van der Waals surface area contributed by atoms with E-state index < -0.39 is 0 Å². The standard InChI is InChI=1S/C18H24N2O3/c1-2-23-17(22)20-12-8-15(9-13-20)19-16(21)18(10-11-18)14-6-4-3-5-7-14/h3-7,15H,2,8-13H2,1H3,(H,19,21). The van der Waals surface area contributed by atoms with Crippen LogP contribution in [0.1, 0.15) is 38.2 Å².